The molecule has 1 rings (SSSR count). The Morgan fingerprint density at radius 3 is 2.32 bits per heavy atom. The summed E-state index contributed by atoms with van der Waals surface area (Å²) in [6, 6.07) is 2.76. The minimum Gasteiger partial charge on any atom is -0.395 e. The van der Waals surface area contributed by atoms with Crippen LogP contribution < -0.4 is 5.32 Å². The van der Waals surface area contributed by atoms with Gasteiger partial charge in [0, 0.05) is 18.1 Å². The molecule has 0 saturated heterocycles. The van der Waals surface area contributed by atoms with Crippen LogP contribution in [0.3, 0.4) is 0 Å². The van der Waals surface area contributed by atoms with Crippen LogP contribution in [-0.2, 0) is 0 Å². The van der Waals surface area contributed by atoms with Crippen LogP contribution in [-0.4, -0.2) is 47.4 Å². The van der Waals surface area contributed by atoms with Gasteiger partial charge in [0.15, 0.2) is 0 Å². The van der Waals surface area contributed by atoms with Crippen molar-refractivity contribution in [2.24, 2.45) is 0 Å². The zero-order chi connectivity index (χ0) is 14.4. The van der Waals surface area contributed by atoms with Crippen molar-refractivity contribution < 1.29 is 15.0 Å². The number of hydrogen-bond acceptors (Lipinski definition) is 3. The standard InChI is InChI=1S/C12H16Cl2N2O3/c1-8-6-10(14)11(7-9(8)13)15-12(19)16(2-4-17)3-5-18/h6-7,17-18H,2-5H2,1H3,(H,15,19). The van der Waals surface area contributed by atoms with Gasteiger partial charge in [0.25, 0.3) is 0 Å². The maximum absolute atomic E-state index is 11.9. The smallest absolute Gasteiger partial charge is 0.322 e. The monoisotopic (exact) mass is 306 g/mol. The van der Waals surface area contributed by atoms with E-state index in [1.807, 2.05) is 6.92 Å². The first-order chi connectivity index (χ1) is 8.99. The number of carbonyl (C=O) groups is 1. The first-order valence-electron chi connectivity index (χ1n) is 5.73. The van der Waals surface area contributed by atoms with Crippen LogP contribution in [0.4, 0.5) is 10.5 Å². The van der Waals surface area contributed by atoms with E-state index < -0.39 is 6.03 Å². The molecule has 0 radical (unpaired) electrons. The Morgan fingerprint density at radius 2 is 1.79 bits per heavy atom. The summed E-state index contributed by atoms with van der Waals surface area (Å²) in [6.07, 6.45) is 0. The maximum atomic E-state index is 11.9. The van der Waals surface area contributed by atoms with Crippen LogP contribution in [0.5, 0.6) is 0 Å². The van der Waals surface area contributed by atoms with Crippen LogP contribution in [0.25, 0.3) is 0 Å². The quantitative estimate of drug-likeness (QED) is 0.780. The second kappa shape index (κ2) is 7.55. The number of carbonyl (C=O) groups excluding carboxylic acids is 1. The molecule has 3 N–H and O–H groups in total. The van der Waals surface area contributed by atoms with Gasteiger partial charge < -0.3 is 20.4 Å². The number of hydrogen-bond donors (Lipinski definition) is 3. The van der Waals surface area contributed by atoms with E-state index in [0.717, 1.165) is 5.56 Å². The molecule has 5 nitrogen and oxygen atoms in total. The number of nitrogens with zero attached hydrogens (tertiary/aromatic N) is 1. The Bertz CT molecular complexity index is 449. The summed E-state index contributed by atoms with van der Waals surface area (Å²) in [6.45, 7) is 1.70. The summed E-state index contributed by atoms with van der Waals surface area (Å²) in [4.78, 5) is 13.2. The highest BCUT2D eigenvalue weighted by Crippen LogP contribution is 2.28. The summed E-state index contributed by atoms with van der Waals surface area (Å²) in [5, 5.41) is 21.2. The molecule has 0 heterocycles. The zero-order valence-corrected chi connectivity index (χ0v) is 12.0. The number of aliphatic hydroxyl groups is 2. The minimum absolute atomic E-state index is 0.129. The molecule has 0 spiro atoms. The van der Waals surface area contributed by atoms with Crippen molar-refractivity contribution in [1.29, 1.82) is 0 Å². The first kappa shape index (κ1) is 16.0. The van der Waals surface area contributed by atoms with Crippen LogP contribution in [0.1, 0.15) is 5.56 Å². The Balaban J connectivity index is 2.83. The predicted molar refractivity (Wildman–Crippen MR) is 76.0 cm³/mol. The summed E-state index contributed by atoms with van der Waals surface area (Å²) in [7, 11) is 0. The van der Waals surface area contributed by atoms with Crippen molar-refractivity contribution in [2.75, 3.05) is 31.6 Å². The van der Waals surface area contributed by atoms with E-state index in [0.29, 0.717) is 15.7 Å². The van der Waals surface area contributed by atoms with E-state index in [-0.39, 0.29) is 26.3 Å². The van der Waals surface area contributed by atoms with Crippen LogP contribution in [0, 0.1) is 6.92 Å². The van der Waals surface area contributed by atoms with Crippen LogP contribution in [0.2, 0.25) is 10.0 Å². The predicted octanol–water partition coefficient (Wildman–Crippen LogP) is 2.12. The third-order valence-corrected chi connectivity index (χ3v) is 3.24. The highest BCUT2D eigenvalue weighted by atomic mass is 35.5. The van der Waals surface area contributed by atoms with Gasteiger partial charge in [-0.1, -0.05) is 23.2 Å². The lowest BCUT2D eigenvalue weighted by molar-refractivity contribution is 0.167. The van der Waals surface area contributed by atoms with Gasteiger partial charge in [-0.15, -0.1) is 0 Å². The third-order valence-electron chi connectivity index (χ3n) is 2.52. The van der Waals surface area contributed by atoms with E-state index in [9.17, 15) is 4.79 Å². The zero-order valence-electron chi connectivity index (χ0n) is 10.5. The number of halogens is 2. The molecule has 0 fully saturated rings. The van der Waals surface area contributed by atoms with Gasteiger partial charge in [0.2, 0.25) is 0 Å². The Hall–Kier alpha value is -1.01. The van der Waals surface area contributed by atoms with E-state index in [4.69, 9.17) is 33.4 Å². The number of anilines is 1. The largest absolute Gasteiger partial charge is 0.395 e. The molecule has 0 aromatic heterocycles. The molecule has 0 unspecified atom stereocenters. The van der Waals surface area contributed by atoms with Crippen molar-refractivity contribution in [3.05, 3.63) is 27.7 Å². The van der Waals surface area contributed by atoms with Gasteiger partial charge in [-0.2, -0.15) is 0 Å². The van der Waals surface area contributed by atoms with E-state index in [1.165, 1.54) is 4.90 Å². The molecule has 0 atom stereocenters. The van der Waals surface area contributed by atoms with Gasteiger partial charge in [-0.25, -0.2) is 4.79 Å². The SMILES string of the molecule is Cc1cc(Cl)c(NC(=O)N(CCO)CCO)cc1Cl. The van der Waals surface area contributed by atoms with Crippen molar-refractivity contribution >= 4 is 34.9 Å². The van der Waals surface area contributed by atoms with Crippen LogP contribution in [0.15, 0.2) is 12.1 Å². The number of benzene rings is 1. The van der Waals surface area contributed by atoms with Crippen molar-refractivity contribution in [3.8, 4) is 0 Å². The highest BCUT2D eigenvalue weighted by molar-refractivity contribution is 6.36. The van der Waals surface area contributed by atoms with E-state index in [2.05, 4.69) is 5.32 Å². The number of aliphatic hydroxyl groups excluding tert-OH is 2. The van der Waals surface area contributed by atoms with Gasteiger partial charge in [0.1, 0.15) is 0 Å². The number of aryl methyl sites for hydroxylation is 1. The number of nitrogens with one attached hydrogen (secondary N) is 1. The second-order valence-corrected chi connectivity index (χ2v) is 4.76. The third kappa shape index (κ3) is 4.54. The minimum atomic E-state index is -0.454. The molecule has 7 heteroatoms. The highest BCUT2D eigenvalue weighted by Gasteiger charge is 2.14. The van der Waals surface area contributed by atoms with E-state index in [1.54, 1.807) is 12.1 Å². The van der Waals surface area contributed by atoms with Gasteiger partial charge in [-0.05, 0) is 24.6 Å². The van der Waals surface area contributed by atoms with Crippen molar-refractivity contribution in [1.82, 2.24) is 4.90 Å². The summed E-state index contributed by atoms with van der Waals surface area (Å²) in [5.41, 5.74) is 1.20. The average Bonchev–Trinajstić information content (AvgIpc) is 2.35. The molecule has 19 heavy (non-hydrogen) atoms. The fraction of sp³-hybridized carbons (Fsp3) is 0.417. The molecule has 1 aromatic carbocycles. The fourth-order valence-corrected chi connectivity index (χ4v) is 1.92. The van der Waals surface area contributed by atoms with Gasteiger partial charge in [-0.3, -0.25) is 0 Å². The molecule has 0 saturated carbocycles. The molecule has 106 valence electrons. The summed E-state index contributed by atoms with van der Waals surface area (Å²) in [5.74, 6) is 0. The molecule has 0 aliphatic heterocycles. The summed E-state index contributed by atoms with van der Waals surface area (Å²) >= 11 is 12.0. The molecule has 0 aliphatic rings. The molecule has 1 aromatic rings. The lowest BCUT2D eigenvalue weighted by Gasteiger charge is -2.21. The average molecular weight is 307 g/mol. The number of rotatable bonds is 5. The molecule has 2 amide bonds. The topological polar surface area (TPSA) is 72.8 Å². The second-order valence-electron chi connectivity index (χ2n) is 3.95. The Morgan fingerprint density at radius 1 is 1.21 bits per heavy atom. The molecule has 0 aliphatic carbocycles. The fourth-order valence-electron chi connectivity index (χ4n) is 1.49. The maximum Gasteiger partial charge on any atom is 0.322 e. The normalized spacial score (nSPS) is 10.4. The Labute approximate surface area is 121 Å². The lowest BCUT2D eigenvalue weighted by Crippen LogP contribution is -2.39. The summed E-state index contributed by atoms with van der Waals surface area (Å²) < 4.78 is 0. The van der Waals surface area contributed by atoms with Crippen LogP contribution >= 0.6 is 23.2 Å². The van der Waals surface area contributed by atoms with E-state index >= 15 is 0 Å². The van der Waals surface area contributed by atoms with Gasteiger partial charge in [0.05, 0.1) is 23.9 Å². The molecule has 0 bridgehead atoms. The first-order valence-corrected chi connectivity index (χ1v) is 6.48. The van der Waals surface area contributed by atoms with Crippen molar-refractivity contribution in [3.63, 3.8) is 0 Å². The Kier molecular flexibility index (Phi) is 6.37. The lowest BCUT2D eigenvalue weighted by atomic mass is 10.2. The number of urea groups is 1. The number of amides is 2. The molecular weight excluding hydrogens is 291 g/mol. The molecular formula is C12H16Cl2N2O3. The van der Waals surface area contributed by atoms with Crippen molar-refractivity contribution in [2.45, 2.75) is 6.92 Å². The van der Waals surface area contributed by atoms with Gasteiger partial charge >= 0.3 is 6.03 Å².